The highest BCUT2D eigenvalue weighted by molar-refractivity contribution is 5.85. The Morgan fingerprint density at radius 1 is 1.23 bits per heavy atom. The van der Waals surface area contributed by atoms with Crippen LogP contribution >= 0.6 is 0 Å². The van der Waals surface area contributed by atoms with Crippen LogP contribution in [0.5, 0.6) is 5.75 Å². The van der Waals surface area contributed by atoms with E-state index in [0.29, 0.717) is 22.9 Å². The van der Waals surface area contributed by atoms with Crippen LogP contribution in [0.25, 0.3) is 11.0 Å². The zero-order valence-corrected chi connectivity index (χ0v) is 16.1. The maximum Gasteiger partial charge on any atom is 0.336 e. The summed E-state index contributed by atoms with van der Waals surface area (Å²) < 4.78 is 12.1. The normalized spacial score (nSPS) is 12.0. The fraction of sp³-hybridized carbons (Fsp3) is 0.190. The molecule has 0 aliphatic heterocycles. The number of aromatic hydroxyl groups is 1. The highest BCUT2D eigenvalue weighted by atomic mass is 16.5. The van der Waals surface area contributed by atoms with Gasteiger partial charge in [0.1, 0.15) is 24.3 Å². The summed E-state index contributed by atoms with van der Waals surface area (Å²) >= 11 is 0. The SMILES string of the molecule is Cc1c(O)ccc2c(COC(=O)[C@H](Cc3ccccc3)n3cnnn3)cc(=O)oc12. The van der Waals surface area contributed by atoms with Crippen LogP contribution in [0.4, 0.5) is 0 Å². The number of hydrogen-bond acceptors (Lipinski definition) is 8. The molecule has 2 aromatic carbocycles. The molecule has 9 heteroatoms. The van der Waals surface area contributed by atoms with Gasteiger partial charge in [-0.05, 0) is 35.0 Å². The van der Waals surface area contributed by atoms with E-state index in [1.165, 1.54) is 23.1 Å². The molecule has 0 fully saturated rings. The third kappa shape index (κ3) is 3.90. The first-order chi connectivity index (χ1) is 14.5. The monoisotopic (exact) mass is 406 g/mol. The van der Waals surface area contributed by atoms with Crippen LogP contribution in [0.3, 0.4) is 0 Å². The molecular formula is C21H18N4O5. The first-order valence-corrected chi connectivity index (χ1v) is 9.21. The smallest absolute Gasteiger partial charge is 0.336 e. The van der Waals surface area contributed by atoms with Crippen LogP contribution in [-0.2, 0) is 22.6 Å². The third-order valence-electron chi connectivity index (χ3n) is 4.82. The van der Waals surface area contributed by atoms with Crippen LogP contribution in [0, 0.1) is 6.92 Å². The molecule has 9 nitrogen and oxygen atoms in total. The molecule has 0 spiro atoms. The van der Waals surface area contributed by atoms with Gasteiger partial charge in [0.15, 0.2) is 6.04 Å². The number of hydrogen-bond donors (Lipinski definition) is 1. The lowest BCUT2D eigenvalue weighted by Crippen LogP contribution is -2.25. The lowest BCUT2D eigenvalue weighted by molar-refractivity contribution is -0.149. The van der Waals surface area contributed by atoms with E-state index in [0.717, 1.165) is 5.56 Å². The Morgan fingerprint density at radius 2 is 2.03 bits per heavy atom. The molecule has 2 aromatic heterocycles. The second-order valence-corrected chi connectivity index (χ2v) is 6.78. The number of carbonyl (C=O) groups excluding carboxylic acids is 1. The maximum atomic E-state index is 12.9. The first-order valence-electron chi connectivity index (χ1n) is 9.21. The average Bonchev–Trinajstić information content (AvgIpc) is 3.28. The Morgan fingerprint density at radius 3 is 2.77 bits per heavy atom. The van der Waals surface area contributed by atoms with Gasteiger partial charge in [-0.25, -0.2) is 14.3 Å². The summed E-state index contributed by atoms with van der Waals surface area (Å²) in [7, 11) is 0. The van der Waals surface area contributed by atoms with Gasteiger partial charge in [-0.1, -0.05) is 30.3 Å². The maximum absolute atomic E-state index is 12.9. The molecule has 2 heterocycles. The van der Waals surface area contributed by atoms with Crippen molar-refractivity contribution in [2.45, 2.75) is 26.0 Å². The van der Waals surface area contributed by atoms with Crippen LogP contribution in [0.1, 0.15) is 22.7 Å². The van der Waals surface area contributed by atoms with E-state index in [1.807, 2.05) is 30.3 Å². The number of tetrazole rings is 1. The number of benzene rings is 2. The summed E-state index contributed by atoms with van der Waals surface area (Å²) in [6.07, 6.45) is 1.70. The van der Waals surface area contributed by atoms with E-state index in [-0.39, 0.29) is 17.9 Å². The van der Waals surface area contributed by atoms with Gasteiger partial charge in [0.25, 0.3) is 0 Å². The predicted octanol–water partition coefficient (Wildman–Crippen LogP) is 2.32. The number of aromatic nitrogens is 4. The minimum atomic E-state index is -0.764. The first kappa shape index (κ1) is 19.3. The summed E-state index contributed by atoms with van der Waals surface area (Å²) in [6, 6.07) is 13.1. The van der Waals surface area contributed by atoms with E-state index >= 15 is 0 Å². The van der Waals surface area contributed by atoms with Gasteiger partial charge in [0.2, 0.25) is 0 Å². The second kappa shape index (κ2) is 8.16. The number of aryl methyl sites for hydroxylation is 1. The molecule has 4 rings (SSSR count). The number of carbonyl (C=O) groups is 1. The molecule has 0 amide bonds. The molecule has 1 N–H and O–H groups in total. The number of phenolic OH excluding ortho intramolecular Hbond substituents is 1. The fourth-order valence-electron chi connectivity index (χ4n) is 3.21. The Bertz CT molecular complexity index is 1240. The Kier molecular flexibility index (Phi) is 5.25. The Hall–Kier alpha value is -4.01. The van der Waals surface area contributed by atoms with Crippen molar-refractivity contribution in [2.75, 3.05) is 0 Å². The Labute approximate surface area is 170 Å². The van der Waals surface area contributed by atoms with Gasteiger partial charge in [0.05, 0.1) is 0 Å². The van der Waals surface area contributed by atoms with E-state index in [9.17, 15) is 14.7 Å². The van der Waals surface area contributed by atoms with Crippen molar-refractivity contribution < 1.29 is 19.1 Å². The van der Waals surface area contributed by atoms with Gasteiger partial charge in [-0.15, -0.1) is 5.10 Å². The van der Waals surface area contributed by atoms with Crippen LogP contribution in [0.2, 0.25) is 0 Å². The molecule has 0 radical (unpaired) electrons. The predicted molar refractivity (Wildman–Crippen MR) is 106 cm³/mol. The van der Waals surface area contributed by atoms with Crippen molar-refractivity contribution in [3.8, 4) is 5.75 Å². The number of rotatable bonds is 6. The summed E-state index contributed by atoms with van der Waals surface area (Å²) in [5.41, 5.74) is 1.51. The molecule has 0 unspecified atom stereocenters. The van der Waals surface area contributed by atoms with Crippen molar-refractivity contribution in [3.05, 3.63) is 82.0 Å². The number of phenols is 1. The van der Waals surface area contributed by atoms with E-state index in [2.05, 4.69) is 15.5 Å². The van der Waals surface area contributed by atoms with Gasteiger partial charge in [0, 0.05) is 29.0 Å². The molecule has 0 aliphatic carbocycles. The molecule has 0 saturated heterocycles. The van der Waals surface area contributed by atoms with Crippen molar-refractivity contribution >= 4 is 16.9 Å². The van der Waals surface area contributed by atoms with Crippen molar-refractivity contribution in [3.63, 3.8) is 0 Å². The minimum Gasteiger partial charge on any atom is -0.508 e. The van der Waals surface area contributed by atoms with E-state index in [4.69, 9.17) is 9.15 Å². The number of esters is 1. The zero-order chi connectivity index (χ0) is 21.1. The summed E-state index contributed by atoms with van der Waals surface area (Å²) in [4.78, 5) is 24.8. The molecule has 1 atom stereocenters. The highest BCUT2D eigenvalue weighted by Gasteiger charge is 2.24. The fourth-order valence-corrected chi connectivity index (χ4v) is 3.21. The Balaban J connectivity index is 1.60. The van der Waals surface area contributed by atoms with Gasteiger partial charge >= 0.3 is 11.6 Å². The van der Waals surface area contributed by atoms with Gasteiger partial charge in [-0.3, -0.25) is 0 Å². The molecule has 4 aromatic rings. The van der Waals surface area contributed by atoms with Crippen molar-refractivity contribution in [1.29, 1.82) is 0 Å². The molecule has 0 bridgehead atoms. The lowest BCUT2D eigenvalue weighted by Gasteiger charge is -2.16. The highest BCUT2D eigenvalue weighted by Crippen LogP contribution is 2.28. The van der Waals surface area contributed by atoms with Crippen LogP contribution < -0.4 is 5.63 Å². The molecule has 152 valence electrons. The molecule has 0 saturated carbocycles. The standard InChI is InChI=1S/C21H18N4O5/c1-13-18(26)8-7-16-15(10-19(27)30-20(13)16)11-29-21(28)17(25-12-22-23-24-25)9-14-5-3-2-4-6-14/h2-8,10,12,17,26H,9,11H2,1H3/t17-/m0/s1. The van der Waals surface area contributed by atoms with E-state index in [1.54, 1.807) is 13.0 Å². The minimum absolute atomic E-state index is 0.0152. The molecule has 0 aliphatic rings. The topological polar surface area (TPSA) is 120 Å². The quantitative estimate of drug-likeness (QED) is 0.383. The van der Waals surface area contributed by atoms with Crippen molar-refractivity contribution in [2.24, 2.45) is 0 Å². The van der Waals surface area contributed by atoms with Crippen LogP contribution in [0.15, 0.2) is 64.1 Å². The number of nitrogens with zero attached hydrogens (tertiary/aromatic N) is 4. The summed E-state index contributed by atoms with van der Waals surface area (Å²) in [6.45, 7) is 1.50. The number of fused-ring (bicyclic) bond motifs is 1. The zero-order valence-electron chi connectivity index (χ0n) is 16.1. The average molecular weight is 406 g/mol. The largest absolute Gasteiger partial charge is 0.508 e. The second-order valence-electron chi connectivity index (χ2n) is 6.78. The van der Waals surface area contributed by atoms with Gasteiger partial charge in [-0.2, -0.15) is 0 Å². The third-order valence-corrected chi connectivity index (χ3v) is 4.82. The van der Waals surface area contributed by atoms with Gasteiger partial charge < -0.3 is 14.3 Å². The number of ether oxygens (including phenoxy) is 1. The lowest BCUT2D eigenvalue weighted by atomic mass is 10.1. The van der Waals surface area contributed by atoms with E-state index < -0.39 is 17.6 Å². The summed E-state index contributed by atoms with van der Waals surface area (Å²) in [5, 5.41) is 21.5. The van der Waals surface area contributed by atoms with Crippen LogP contribution in [-0.4, -0.2) is 31.3 Å². The van der Waals surface area contributed by atoms with Crippen molar-refractivity contribution in [1.82, 2.24) is 20.2 Å². The molecular weight excluding hydrogens is 388 g/mol. The summed E-state index contributed by atoms with van der Waals surface area (Å²) in [5.74, 6) is -0.524. The molecule has 30 heavy (non-hydrogen) atoms.